The number of rotatable bonds is 3. The van der Waals surface area contributed by atoms with Gasteiger partial charge in [-0.3, -0.25) is 0 Å². The monoisotopic (exact) mass is 294 g/mol. The maximum absolute atomic E-state index is 11.6. The van der Waals surface area contributed by atoms with Crippen molar-refractivity contribution in [3.63, 3.8) is 0 Å². The van der Waals surface area contributed by atoms with E-state index in [2.05, 4.69) is 4.90 Å². The summed E-state index contributed by atoms with van der Waals surface area (Å²) in [6.07, 6.45) is 5.57. The van der Waals surface area contributed by atoms with Crippen LogP contribution in [0.5, 0.6) is 0 Å². The molecule has 2 fully saturated rings. The van der Waals surface area contributed by atoms with Crippen LogP contribution in [-0.2, 0) is 10.0 Å². The maximum Gasteiger partial charge on any atom is 0.211 e. The highest BCUT2D eigenvalue weighted by atomic mass is 35.5. The van der Waals surface area contributed by atoms with Gasteiger partial charge in [-0.15, -0.1) is 11.6 Å². The Kier molecular flexibility index (Phi) is 4.92. The van der Waals surface area contributed by atoms with Crippen molar-refractivity contribution < 1.29 is 8.42 Å². The van der Waals surface area contributed by atoms with E-state index in [9.17, 15) is 8.42 Å². The molecule has 0 amide bonds. The Morgan fingerprint density at radius 3 is 2.44 bits per heavy atom. The van der Waals surface area contributed by atoms with E-state index in [4.69, 9.17) is 11.6 Å². The van der Waals surface area contributed by atoms with Crippen molar-refractivity contribution in [1.29, 1.82) is 0 Å². The molecule has 0 aromatic heterocycles. The van der Waals surface area contributed by atoms with Crippen LogP contribution < -0.4 is 0 Å². The van der Waals surface area contributed by atoms with Crippen molar-refractivity contribution in [3.05, 3.63) is 0 Å². The zero-order chi connectivity index (χ0) is 13.2. The van der Waals surface area contributed by atoms with Crippen molar-refractivity contribution in [2.24, 2.45) is 5.92 Å². The second-order valence-corrected chi connectivity index (χ2v) is 8.20. The molecule has 0 aromatic carbocycles. The number of likely N-dealkylation sites (tertiary alicyclic amines) is 1. The van der Waals surface area contributed by atoms with Crippen LogP contribution in [0.25, 0.3) is 0 Å². The Morgan fingerprint density at radius 2 is 1.83 bits per heavy atom. The molecule has 0 radical (unpaired) electrons. The normalized spacial score (nSPS) is 29.6. The first-order chi connectivity index (χ1) is 8.45. The van der Waals surface area contributed by atoms with Crippen LogP contribution in [0.1, 0.15) is 25.7 Å². The van der Waals surface area contributed by atoms with E-state index >= 15 is 0 Å². The summed E-state index contributed by atoms with van der Waals surface area (Å²) in [5.74, 6) is 0.486. The molecule has 2 aliphatic heterocycles. The van der Waals surface area contributed by atoms with Gasteiger partial charge in [0.25, 0.3) is 0 Å². The van der Waals surface area contributed by atoms with Crippen LogP contribution in [0.4, 0.5) is 0 Å². The molecule has 4 nitrogen and oxygen atoms in total. The Labute approximate surface area is 115 Å². The Bertz CT molecular complexity index is 366. The largest absolute Gasteiger partial charge is 0.303 e. The molecule has 0 bridgehead atoms. The third kappa shape index (κ3) is 4.08. The molecule has 1 atom stereocenters. The third-order valence-corrected chi connectivity index (χ3v) is 5.69. The molecule has 18 heavy (non-hydrogen) atoms. The van der Waals surface area contributed by atoms with Crippen molar-refractivity contribution in [2.75, 3.05) is 39.0 Å². The number of sulfonamides is 1. The smallest absolute Gasteiger partial charge is 0.211 e. The number of hydrogen-bond acceptors (Lipinski definition) is 3. The fourth-order valence-corrected chi connectivity index (χ4v) is 4.06. The highest BCUT2D eigenvalue weighted by Gasteiger charge is 2.28. The molecule has 0 spiro atoms. The summed E-state index contributed by atoms with van der Waals surface area (Å²) in [7, 11) is -3.01. The van der Waals surface area contributed by atoms with Crippen LogP contribution in [-0.4, -0.2) is 62.0 Å². The Hall–Kier alpha value is 0.160. The Balaban J connectivity index is 1.83. The van der Waals surface area contributed by atoms with Crippen LogP contribution in [0.15, 0.2) is 0 Å². The predicted molar refractivity (Wildman–Crippen MR) is 74.5 cm³/mol. The summed E-state index contributed by atoms with van der Waals surface area (Å²) in [4.78, 5) is 2.44. The average Bonchev–Trinajstić information content (AvgIpc) is 2.31. The zero-order valence-electron chi connectivity index (χ0n) is 11.0. The summed E-state index contributed by atoms with van der Waals surface area (Å²) < 4.78 is 24.8. The fraction of sp³-hybridized carbons (Fsp3) is 1.00. The molecule has 1 unspecified atom stereocenters. The number of alkyl halides is 1. The summed E-state index contributed by atoms with van der Waals surface area (Å²) in [6, 6.07) is 0. The average molecular weight is 295 g/mol. The van der Waals surface area contributed by atoms with E-state index in [-0.39, 0.29) is 0 Å². The van der Waals surface area contributed by atoms with Gasteiger partial charge in [0.15, 0.2) is 0 Å². The molecule has 2 aliphatic rings. The van der Waals surface area contributed by atoms with E-state index in [1.165, 1.54) is 6.26 Å². The number of nitrogens with zero attached hydrogens (tertiary/aromatic N) is 2. The van der Waals surface area contributed by atoms with E-state index in [0.29, 0.717) is 24.4 Å². The summed E-state index contributed by atoms with van der Waals surface area (Å²) in [5, 5.41) is 0.333. The van der Waals surface area contributed by atoms with Gasteiger partial charge in [0.2, 0.25) is 10.0 Å². The predicted octanol–water partition coefficient (Wildman–Crippen LogP) is 1.36. The van der Waals surface area contributed by atoms with Gasteiger partial charge in [0, 0.05) is 25.0 Å². The zero-order valence-corrected chi connectivity index (χ0v) is 12.6. The van der Waals surface area contributed by atoms with Gasteiger partial charge in [-0.1, -0.05) is 0 Å². The number of piperidine rings is 2. The third-order valence-electron chi connectivity index (χ3n) is 3.98. The van der Waals surface area contributed by atoms with Crippen LogP contribution in [0.3, 0.4) is 0 Å². The molecule has 106 valence electrons. The minimum Gasteiger partial charge on any atom is -0.303 e. The second kappa shape index (κ2) is 6.07. The summed E-state index contributed by atoms with van der Waals surface area (Å²) in [6.45, 7) is 4.53. The molecule has 2 saturated heterocycles. The summed E-state index contributed by atoms with van der Waals surface area (Å²) in [5.41, 5.74) is 0. The quantitative estimate of drug-likeness (QED) is 0.738. The van der Waals surface area contributed by atoms with E-state index < -0.39 is 10.0 Å². The number of halogens is 1. The fourth-order valence-electron chi connectivity index (χ4n) is 2.93. The van der Waals surface area contributed by atoms with Gasteiger partial charge in [0.1, 0.15) is 0 Å². The lowest BCUT2D eigenvalue weighted by Crippen LogP contribution is -2.45. The van der Waals surface area contributed by atoms with Crippen LogP contribution in [0.2, 0.25) is 0 Å². The van der Waals surface area contributed by atoms with Crippen molar-refractivity contribution >= 4 is 21.6 Å². The molecule has 0 N–H and O–H groups in total. The van der Waals surface area contributed by atoms with E-state index in [0.717, 1.165) is 45.3 Å². The van der Waals surface area contributed by atoms with Crippen LogP contribution >= 0.6 is 11.6 Å². The highest BCUT2D eigenvalue weighted by molar-refractivity contribution is 7.88. The van der Waals surface area contributed by atoms with E-state index in [1.54, 1.807) is 4.31 Å². The van der Waals surface area contributed by atoms with Gasteiger partial charge in [-0.05, 0) is 44.7 Å². The topological polar surface area (TPSA) is 40.6 Å². The SMILES string of the molecule is CS(=O)(=O)N1CCCC(CN2CCC(Cl)CC2)C1. The molecular formula is C12H23ClN2O2S. The molecule has 0 aromatic rings. The van der Waals surface area contributed by atoms with Gasteiger partial charge in [0.05, 0.1) is 6.26 Å². The number of hydrogen-bond donors (Lipinski definition) is 0. The lowest BCUT2D eigenvalue weighted by atomic mass is 9.98. The summed E-state index contributed by atoms with van der Waals surface area (Å²) >= 11 is 6.09. The van der Waals surface area contributed by atoms with Gasteiger partial charge in [-0.25, -0.2) is 12.7 Å². The minimum absolute atomic E-state index is 0.333. The molecule has 2 rings (SSSR count). The molecule has 0 aliphatic carbocycles. The molecule has 6 heteroatoms. The lowest BCUT2D eigenvalue weighted by Gasteiger charge is -2.36. The van der Waals surface area contributed by atoms with Gasteiger partial charge in [-0.2, -0.15) is 0 Å². The standard InChI is InChI=1S/C12H23ClN2O2S/c1-18(16,17)15-6-2-3-11(10-15)9-14-7-4-12(13)5-8-14/h11-12H,2-10H2,1H3. The Morgan fingerprint density at radius 1 is 1.17 bits per heavy atom. The van der Waals surface area contributed by atoms with Crippen molar-refractivity contribution in [1.82, 2.24) is 9.21 Å². The highest BCUT2D eigenvalue weighted by Crippen LogP contribution is 2.22. The lowest BCUT2D eigenvalue weighted by molar-refractivity contribution is 0.159. The first kappa shape index (κ1) is 14.6. The minimum atomic E-state index is -3.01. The molecular weight excluding hydrogens is 272 g/mol. The maximum atomic E-state index is 11.6. The van der Waals surface area contributed by atoms with Gasteiger partial charge >= 0.3 is 0 Å². The second-order valence-electron chi connectivity index (χ2n) is 5.60. The molecule has 0 saturated carbocycles. The van der Waals surface area contributed by atoms with Crippen molar-refractivity contribution in [3.8, 4) is 0 Å². The van der Waals surface area contributed by atoms with Gasteiger partial charge < -0.3 is 4.90 Å². The van der Waals surface area contributed by atoms with Crippen LogP contribution in [0, 0.1) is 5.92 Å². The first-order valence-corrected chi connectivity index (χ1v) is 9.05. The van der Waals surface area contributed by atoms with Crippen molar-refractivity contribution in [2.45, 2.75) is 31.1 Å². The van der Waals surface area contributed by atoms with E-state index in [1.807, 2.05) is 0 Å². The molecule has 2 heterocycles. The first-order valence-electron chi connectivity index (χ1n) is 6.76.